The van der Waals surface area contributed by atoms with Crippen LogP contribution in [0.15, 0.2) is 0 Å². The maximum atomic E-state index is 11.5. The molecule has 0 fully saturated rings. The summed E-state index contributed by atoms with van der Waals surface area (Å²) in [4.78, 5) is 22.8. The number of hydrogen-bond acceptors (Lipinski definition) is 5. The fourth-order valence-electron chi connectivity index (χ4n) is 2.95. The van der Waals surface area contributed by atoms with E-state index in [4.69, 9.17) is 5.73 Å². The number of unbranched alkanes of at least 4 members (excludes halogenated alkanes) is 14. The van der Waals surface area contributed by atoms with E-state index < -0.39 is 18.0 Å². The van der Waals surface area contributed by atoms with Gasteiger partial charge >= 0.3 is 41.5 Å². The summed E-state index contributed by atoms with van der Waals surface area (Å²) in [7, 11) is 0. The van der Waals surface area contributed by atoms with Crippen molar-refractivity contribution in [3.05, 3.63) is 0 Å². The van der Waals surface area contributed by atoms with Crippen LogP contribution < -0.4 is 5.73 Å². The van der Waals surface area contributed by atoms with E-state index in [1.54, 1.807) is 0 Å². The van der Waals surface area contributed by atoms with Crippen molar-refractivity contribution in [3.8, 4) is 0 Å². The topological polar surface area (TPSA) is 69.4 Å². The predicted octanol–water partition coefficient (Wildman–Crippen LogP) is 4.93. The molecule has 0 aliphatic rings. The van der Waals surface area contributed by atoms with Crippen LogP contribution in [0.2, 0.25) is 0 Å². The fraction of sp³-hybridized carbons (Fsp3) is 0.905. The molecule has 4 nitrogen and oxygen atoms in total. The van der Waals surface area contributed by atoms with Gasteiger partial charge in [0.25, 0.3) is 0 Å². The molecule has 0 rings (SSSR count). The van der Waals surface area contributed by atoms with Crippen molar-refractivity contribution in [2.75, 3.05) is 5.75 Å². The quantitative estimate of drug-likeness (QED) is 0.110. The van der Waals surface area contributed by atoms with Crippen molar-refractivity contribution < 1.29 is 14.3 Å². The van der Waals surface area contributed by atoms with Gasteiger partial charge in [-0.05, 0) is 6.42 Å². The third-order valence-electron chi connectivity index (χ3n) is 4.70. The molecule has 0 aromatic rings. The second-order valence-electron chi connectivity index (χ2n) is 7.28. The Labute approximate surface area is 194 Å². The number of thiol groups is 1. The summed E-state index contributed by atoms with van der Waals surface area (Å²) in [5.41, 5.74) is 5.45. The van der Waals surface area contributed by atoms with E-state index in [-0.39, 0.29) is 35.3 Å². The van der Waals surface area contributed by atoms with E-state index in [2.05, 4.69) is 24.3 Å². The molecule has 0 spiro atoms. The molecule has 0 amide bonds. The molecule has 0 aromatic heterocycles. The van der Waals surface area contributed by atoms with Crippen LogP contribution >= 0.6 is 12.6 Å². The van der Waals surface area contributed by atoms with E-state index in [1.165, 1.54) is 77.0 Å². The maximum absolute atomic E-state index is 11.5. The van der Waals surface area contributed by atoms with Gasteiger partial charge in [0.05, 0.1) is 0 Å². The molecule has 0 radical (unpaired) electrons. The molecule has 2 N–H and O–H groups in total. The van der Waals surface area contributed by atoms with Gasteiger partial charge in [-0.1, -0.05) is 96.8 Å². The van der Waals surface area contributed by atoms with E-state index in [0.717, 1.165) is 19.3 Å². The zero-order valence-corrected chi connectivity index (χ0v) is 17.7. The molecule has 1 atom stereocenters. The molecular weight excluding hydrogens is 369 g/mol. The summed E-state index contributed by atoms with van der Waals surface area (Å²) in [6.07, 6.45) is 19.6. The van der Waals surface area contributed by atoms with Gasteiger partial charge in [0.15, 0.2) is 0 Å². The van der Waals surface area contributed by atoms with Crippen molar-refractivity contribution in [1.29, 1.82) is 0 Å². The van der Waals surface area contributed by atoms with Gasteiger partial charge in [-0.3, -0.25) is 4.79 Å². The van der Waals surface area contributed by atoms with E-state index >= 15 is 0 Å². The normalized spacial score (nSPS) is 11.7. The Balaban J connectivity index is 0. The second kappa shape index (κ2) is 22.7. The van der Waals surface area contributed by atoms with E-state index in [0.29, 0.717) is 6.42 Å². The number of esters is 2. The molecule has 6 heteroatoms. The van der Waals surface area contributed by atoms with Gasteiger partial charge in [0, 0.05) is 12.2 Å². The molecule has 0 bridgehead atoms. The van der Waals surface area contributed by atoms with Crippen LogP contribution in [-0.2, 0) is 14.3 Å². The first-order valence-corrected chi connectivity index (χ1v) is 11.4. The molecule has 0 saturated heterocycles. The molecule has 27 heavy (non-hydrogen) atoms. The zero-order valence-electron chi connectivity index (χ0n) is 16.8. The van der Waals surface area contributed by atoms with Crippen LogP contribution in [0.5, 0.6) is 0 Å². The van der Waals surface area contributed by atoms with Crippen molar-refractivity contribution >= 4 is 54.1 Å². The average Bonchev–Trinajstić information content (AvgIpc) is 2.64. The van der Waals surface area contributed by atoms with Gasteiger partial charge in [-0.2, -0.15) is 12.6 Å². The SMILES string of the molecule is CCCCCCCCCCCCCCCCCC(=O)OC(=O)C(N)CS.[NaH]. The van der Waals surface area contributed by atoms with Gasteiger partial charge in [0.2, 0.25) is 0 Å². The molecule has 0 heterocycles. The van der Waals surface area contributed by atoms with Gasteiger partial charge in [0.1, 0.15) is 6.04 Å². The van der Waals surface area contributed by atoms with Crippen LogP contribution in [0.25, 0.3) is 0 Å². The fourth-order valence-corrected chi connectivity index (χ4v) is 3.10. The summed E-state index contributed by atoms with van der Waals surface area (Å²) in [6.45, 7) is 2.26. The number of ether oxygens (including phenoxy) is 1. The van der Waals surface area contributed by atoms with E-state index in [9.17, 15) is 9.59 Å². The van der Waals surface area contributed by atoms with Crippen molar-refractivity contribution in [2.45, 2.75) is 116 Å². The number of carbonyl (C=O) groups excluding carboxylic acids is 2. The summed E-state index contributed by atoms with van der Waals surface area (Å²) in [6, 6.07) is -0.816. The van der Waals surface area contributed by atoms with Gasteiger partial charge in [-0.25, -0.2) is 4.79 Å². The Morgan fingerprint density at radius 1 is 0.778 bits per heavy atom. The molecule has 0 aliphatic heterocycles. The number of nitrogens with two attached hydrogens (primary N) is 1. The predicted molar refractivity (Wildman–Crippen MR) is 120 cm³/mol. The van der Waals surface area contributed by atoms with Crippen molar-refractivity contribution in [3.63, 3.8) is 0 Å². The Morgan fingerprint density at radius 2 is 1.15 bits per heavy atom. The number of carbonyl (C=O) groups is 2. The van der Waals surface area contributed by atoms with Crippen molar-refractivity contribution in [1.82, 2.24) is 0 Å². The summed E-state index contributed by atoms with van der Waals surface area (Å²) < 4.78 is 4.67. The first-order chi connectivity index (χ1) is 12.6. The second-order valence-corrected chi connectivity index (χ2v) is 7.65. The van der Waals surface area contributed by atoms with Gasteiger partial charge in [-0.15, -0.1) is 0 Å². The third kappa shape index (κ3) is 21.0. The molecular formula is C21H42NNaO3S. The zero-order chi connectivity index (χ0) is 19.5. The molecule has 156 valence electrons. The number of hydrogen-bond donors (Lipinski definition) is 2. The summed E-state index contributed by atoms with van der Waals surface area (Å²) in [5.74, 6) is -0.960. The first-order valence-electron chi connectivity index (χ1n) is 10.7. The minimum absolute atomic E-state index is 0. The molecule has 0 saturated carbocycles. The molecule has 0 aromatic carbocycles. The number of rotatable bonds is 18. The Morgan fingerprint density at radius 3 is 1.52 bits per heavy atom. The monoisotopic (exact) mass is 411 g/mol. The Kier molecular flexibility index (Phi) is 25.0. The van der Waals surface area contributed by atoms with Gasteiger partial charge < -0.3 is 10.5 Å². The Hall–Kier alpha value is 0.450. The Bertz CT molecular complexity index is 356. The standard InChI is InChI=1S/C21H41NO3S.Na.H/c1-2-3-4-5-6-7-8-9-10-11-12-13-14-15-16-17-20(23)25-21(24)19(22)18-26;;/h19,26H,2-18,22H2,1H3;;. The minimum atomic E-state index is -0.816. The van der Waals surface area contributed by atoms with E-state index in [1.807, 2.05) is 0 Å². The van der Waals surface area contributed by atoms with Crippen LogP contribution in [0.3, 0.4) is 0 Å². The van der Waals surface area contributed by atoms with Crippen LogP contribution in [-0.4, -0.2) is 53.3 Å². The van der Waals surface area contributed by atoms with Crippen LogP contribution in [0.1, 0.15) is 110 Å². The first kappa shape index (κ1) is 29.6. The summed E-state index contributed by atoms with van der Waals surface area (Å²) >= 11 is 3.91. The molecule has 0 aliphatic carbocycles. The van der Waals surface area contributed by atoms with Crippen LogP contribution in [0, 0.1) is 0 Å². The average molecular weight is 412 g/mol. The summed E-state index contributed by atoms with van der Waals surface area (Å²) in [5, 5.41) is 0. The van der Waals surface area contributed by atoms with Crippen LogP contribution in [0.4, 0.5) is 0 Å². The third-order valence-corrected chi connectivity index (χ3v) is 5.09. The molecule has 1 unspecified atom stereocenters. The van der Waals surface area contributed by atoms with Crippen molar-refractivity contribution in [2.24, 2.45) is 5.73 Å².